The molecule has 0 bridgehead atoms. The van der Waals surface area contributed by atoms with Crippen molar-refractivity contribution in [2.24, 2.45) is 0 Å². The first-order valence-corrected chi connectivity index (χ1v) is 11.2. The average Bonchev–Trinajstić information content (AvgIpc) is 3.31. The number of aromatic nitrogens is 5. The molecule has 1 aliphatic rings. The summed E-state index contributed by atoms with van der Waals surface area (Å²) in [5.41, 5.74) is 1.39. The molecule has 154 valence electrons. The number of hydrogen-bond donors (Lipinski definition) is 2. The molecule has 0 radical (unpaired) electrons. The normalized spacial score (nSPS) is 14.9. The first-order valence-electron chi connectivity index (χ1n) is 9.61. The molecule has 3 heterocycles. The van der Waals surface area contributed by atoms with Gasteiger partial charge in [0.1, 0.15) is 6.10 Å². The highest BCUT2D eigenvalue weighted by Crippen LogP contribution is 2.33. The van der Waals surface area contributed by atoms with Gasteiger partial charge >= 0.3 is 6.09 Å². The van der Waals surface area contributed by atoms with E-state index in [2.05, 4.69) is 25.6 Å². The van der Waals surface area contributed by atoms with Crippen LogP contribution in [0.15, 0.2) is 40.4 Å². The molecular formula is C19H18N6O3S2. The van der Waals surface area contributed by atoms with Gasteiger partial charge in [-0.15, -0.1) is 15.3 Å². The van der Waals surface area contributed by atoms with Crippen molar-refractivity contribution in [2.45, 2.75) is 48.3 Å². The van der Waals surface area contributed by atoms with E-state index >= 15 is 0 Å². The van der Waals surface area contributed by atoms with Crippen molar-refractivity contribution in [1.82, 2.24) is 24.8 Å². The zero-order valence-electron chi connectivity index (χ0n) is 15.8. The number of ether oxygens (including phenoxy) is 1. The number of hydrogen-bond acceptors (Lipinski definition) is 8. The monoisotopic (exact) mass is 442 g/mol. The number of carbonyl (C=O) groups is 1. The Kier molecular flexibility index (Phi) is 5.13. The van der Waals surface area contributed by atoms with Crippen LogP contribution in [0.1, 0.15) is 32.1 Å². The van der Waals surface area contributed by atoms with E-state index < -0.39 is 6.09 Å². The van der Waals surface area contributed by atoms with Gasteiger partial charge in [-0.1, -0.05) is 17.8 Å². The summed E-state index contributed by atoms with van der Waals surface area (Å²) in [7, 11) is 0. The summed E-state index contributed by atoms with van der Waals surface area (Å²) in [4.78, 5) is 16.0. The van der Waals surface area contributed by atoms with Crippen LogP contribution in [0.4, 0.5) is 9.93 Å². The lowest BCUT2D eigenvalue weighted by molar-refractivity contribution is 0.146. The van der Waals surface area contributed by atoms with Crippen LogP contribution >= 0.6 is 23.1 Å². The molecule has 2 N–H and O–H groups in total. The van der Waals surface area contributed by atoms with Crippen LogP contribution in [-0.4, -0.2) is 42.1 Å². The Morgan fingerprint density at radius 3 is 2.90 bits per heavy atom. The third-order valence-electron chi connectivity index (χ3n) is 4.83. The average molecular weight is 443 g/mol. The van der Waals surface area contributed by atoms with Gasteiger partial charge in [0.2, 0.25) is 11.0 Å². The summed E-state index contributed by atoms with van der Waals surface area (Å²) in [6.45, 7) is 0. The topological polar surface area (TPSA) is 115 Å². The molecule has 1 saturated carbocycles. The summed E-state index contributed by atoms with van der Waals surface area (Å²) in [6.07, 6.45) is 4.90. The predicted octanol–water partition coefficient (Wildman–Crippen LogP) is 4.69. The lowest BCUT2D eigenvalue weighted by Crippen LogP contribution is -2.20. The molecule has 30 heavy (non-hydrogen) atoms. The molecule has 0 spiro atoms. The highest BCUT2D eigenvalue weighted by molar-refractivity contribution is 7.99. The molecule has 1 aromatic carbocycles. The molecular weight excluding hydrogens is 424 g/mol. The van der Waals surface area contributed by atoms with Crippen molar-refractivity contribution < 1.29 is 14.6 Å². The molecule has 1 aliphatic carbocycles. The molecule has 1 fully saturated rings. The van der Waals surface area contributed by atoms with Crippen molar-refractivity contribution in [3.8, 4) is 5.88 Å². The molecule has 9 nitrogen and oxygen atoms in total. The number of anilines is 1. The standard InChI is InChI=1S/C19H18N6O3S2/c26-19(27)21-17-20-13-7-6-12(10-14(13)30-17)29-18-23-22-15-8-9-16(24-25(15)18)28-11-4-2-1-3-5-11/h6-11H,1-5H2,(H,20,21)(H,26,27). The minimum atomic E-state index is -1.13. The number of amides is 1. The number of nitrogens with zero attached hydrogens (tertiary/aromatic N) is 5. The molecule has 4 aromatic rings. The smallest absolute Gasteiger partial charge is 0.410 e. The van der Waals surface area contributed by atoms with Gasteiger partial charge in [-0.05, 0) is 61.7 Å². The highest BCUT2D eigenvalue weighted by Gasteiger charge is 2.17. The SMILES string of the molecule is O=C(O)Nc1nc2ccc(Sc3nnc4ccc(OC5CCCCC5)nn34)cc2s1. The Hall–Kier alpha value is -2.92. The third kappa shape index (κ3) is 4.03. The van der Waals surface area contributed by atoms with E-state index in [4.69, 9.17) is 9.84 Å². The van der Waals surface area contributed by atoms with E-state index in [0.717, 1.165) is 28.0 Å². The largest absolute Gasteiger partial charge is 0.473 e. The van der Waals surface area contributed by atoms with Gasteiger partial charge in [0.15, 0.2) is 10.8 Å². The van der Waals surface area contributed by atoms with E-state index in [1.165, 1.54) is 42.4 Å². The van der Waals surface area contributed by atoms with Gasteiger partial charge in [0.05, 0.1) is 10.2 Å². The van der Waals surface area contributed by atoms with Crippen molar-refractivity contribution >= 4 is 50.2 Å². The summed E-state index contributed by atoms with van der Waals surface area (Å²) >= 11 is 2.71. The summed E-state index contributed by atoms with van der Waals surface area (Å²) in [5, 5.41) is 25.2. The van der Waals surface area contributed by atoms with Crippen molar-refractivity contribution in [3.63, 3.8) is 0 Å². The van der Waals surface area contributed by atoms with Gasteiger partial charge in [0, 0.05) is 11.0 Å². The number of nitrogens with one attached hydrogen (secondary N) is 1. The Balaban J connectivity index is 1.38. The Morgan fingerprint density at radius 1 is 1.20 bits per heavy atom. The quantitative estimate of drug-likeness (QED) is 0.458. The van der Waals surface area contributed by atoms with E-state index in [1.807, 2.05) is 30.3 Å². The van der Waals surface area contributed by atoms with Crippen LogP contribution < -0.4 is 10.1 Å². The van der Waals surface area contributed by atoms with Crippen molar-refractivity contribution in [2.75, 3.05) is 5.32 Å². The maximum Gasteiger partial charge on any atom is 0.410 e. The van der Waals surface area contributed by atoms with Gasteiger partial charge in [-0.3, -0.25) is 5.32 Å². The van der Waals surface area contributed by atoms with E-state index in [0.29, 0.717) is 21.8 Å². The second kappa shape index (κ2) is 8.07. The molecule has 5 rings (SSSR count). The van der Waals surface area contributed by atoms with Crippen LogP contribution in [0, 0.1) is 0 Å². The van der Waals surface area contributed by atoms with Crippen LogP contribution in [-0.2, 0) is 0 Å². The molecule has 0 aliphatic heterocycles. The summed E-state index contributed by atoms with van der Waals surface area (Å²) in [6, 6.07) is 9.43. The maximum absolute atomic E-state index is 10.8. The second-order valence-electron chi connectivity index (χ2n) is 6.98. The molecule has 1 amide bonds. The zero-order valence-corrected chi connectivity index (χ0v) is 17.4. The third-order valence-corrected chi connectivity index (χ3v) is 6.69. The number of fused-ring (bicyclic) bond motifs is 2. The van der Waals surface area contributed by atoms with Crippen molar-refractivity contribution in [3.05, 3.63) is 30.3 Å². The van der Waals surface area contributed by atoms with E-state index in [9.17, 15) is 4.79 Å². The van der Waals surface area contributed by atoms with Crippen LogP contribution in [0.5, 0.6) is 5.88 Å². The van der Waals surface area contributed by atoms with Crippen molar-refractivity contribution in [1.29, 1.82) is 0 Å². The Labute approximate surface area is 179 Å². The molecule has 3 aromatic heterocycles. The number of thiazole rings is 1. The predicted molar refractivity (Wildman–Crippen MR) is 114 cm³/mol. The highest BCUT2D eigenvalue weighted by atomic mass is 32.2. The molecule has 11 heteroatoms. The van der Waals surface area contributed by atoms with Gasteiger partial charge in [-0.2, -0.15) is 4.52 Å². The number of carboxylic acid groups (broad SMARTS) is 1. The fourth-order valence-electron chi connectivity index (χ4n) is 3.45. The maximum atomic E-state index is 10.8. The van der Waals surface area contributed by atoms with Crippen LogP contribution in [0.2, 0.25) is 0 Å². The minimum Gasteiger partial charge on any atom is -0.473 e. The van der Waals surface area contributed by atoms with Gasteiger partial charge in [0.25, 0.3) is 0 Å². The lowest BCUT2D eigenvalue weighted by atomic mass is 9.98. The van der Waals surface area contributed by atoms with E-state index in [1.54, 1.807) is 4.52 Å². The first kappa shape index (κ1) is 19.1. The van der Waals surface area contributed by atoms with Gasteiger partial charge < -0.3 is 9.84 Å². The zero-order chi connectivity index (χ0) is 20.5. The number of rotatable bonds is 5. The fraction of sp³-hybridized carbons (Fsp3) is 0.316. The number of benzene rings is 1. The Bertz CT molecular complexity index is 1220. The molecule has 0 atom stereocenters. The molecule has 0 unspecified atom stereocenters. The second-order valence-corrected chi connectivity index (χ2v) is 9.05. The van der Waals surface area contributed by atoms with E-state index in [-0.39, 0.29) is 6.10 Å². The van der Waals surface area contributed by atoms with Gasteiger partial charge in [-0.25, -0.2) is 9.78 Å². The van der Waals surface area contributed by atoms with Crippen LogP contribution in [0.25, 0.3) is 15.9 Å². The summed E-state index contributed by atoms with van der Waals surface area (Å²) < 4.78 is 8.64. The van der Waals surface area contributed by atoms with Crippen LogP contribution in [0.3, 0.4) is 0 Å². The first-order chi connectivity index (χ1) is 14.6. The fourth-order valence-corrected chi connectivity index (χ4v) is 5.25. The molecule has 0 saturated heterocycles. The lowest BCUT2D eigenvalue weighted by Gasteiger charge is -2.22. The summed E-state index contributed by atoms with van der Waals surface area (Å²) in [5.74, 6) is 0.582. The minimum absolute atomic E-state index is 0.221. The Morgan fingerprint density at radius 2 is 2.07 bits per heavy atom.